The summed E-state index contributed by atoms with van der Waals surface area (Å²) in [6, 6.07) is 20.3. The van der Waals surface area contributed by atoms with Crippen LogP contribution in [0.3, 0.4) is 0 Å². The van der Waals surface area contributed by atoms with Crippen molar-refractivity contribution in [1.29, 1.82) is 0 Å². The van der Waals surface area contributed by atoms with Gasteiger partial charge < -0.3 is 15.3 Å². The highest BCUT2D eigenvalue weighted by molar-refractivity contribution is 5.89. The number of hydrogen-bond donors (Lipinski definition) is 2. The van der Waals surface area contributed by atoms with Gasteiger partial charge in [-0.05, 0) is 82.8 Å². The number of nitrogens with one attached hydrogen (secondary N) is 1. The van der Waals surface area contributed by atoms with Crippen LogP contribution in [-0.4, -0.2) is 11.1 Å². The molecule has 1 aliphatic carbocycles. The Morgan fingerprint density at radius 2 is 1.50 bits per heavy atom. The molecule has 0 radical (unpaired) electrons. The first kappa shape index (κ1) is 20.6. The van der Waals surface area contributed by atoms with Gasteiger partial charge in [-0.3, -0.25) is 0 Å². The zero-order valence-electron chi connectivity index (χ0n) is 19.2. The minimum Gasteiger partial charge on any atom is -0.478 e. The first-order valence-electron chi connectivity index (χ1n) is 11.3. The summed E-state index contributed by atoms with van der Waals surface area (Å²) < 4.78 is 0. The average Bonchev–Trinajstić information content (AvgIpc) is 2.92. The Hall–Kier alpha value is -3.27. The summed E-state index contributed by atoms with van der Waals surface area (Å²) in [6.45, 7) is 10.1. The maximum atomic E-state index is 11.4. The molecular formula is C28H30N2O2. The van der Waals surface area contributed by atoms with Gasteiger partial charge in [0.15, 0.2) is 0 Å². The van der Waals surface area contributed by atoms with E-state index in [0.717, 1.165) is 29.2 Å². The summed E-state index contributed by atoms with van der Waals surface area (Å²) in [7, 11) is 0. The molecule has 0 unspecified atom stereocenters. The number of carboxylic acid groups (broad SMARTS) is 1. The van der Waals surface area contributed by atoms with Gasteiger partial charge in [-0.1, -0.05) is 45.9 Å². The van der Waals surface area contributed by atoms with Crippen molar-refractivity contribution in [3.8, 4) is 0 Å². The van der Waals surface area contributed by atoms with Gasteiger partial charge in [0.25, 0.3) is 0 Å². The molecule has 0 spiro atoms. The Balaban J connectivity index is 1.73. The Kier molecular flexibility index (Phi) is 4.59. The maximum Gasteiger partial charge on any atom is 0.335 e. The van der Waals surface area contributed by atoms with Crippen molar-refractivity contribution in [3.05, 3.63) is 82.9 Å². The molecule has 0 aromatic heterocycles. The second-order valence-corrected chi connectivity index (χ2v) is 10.4. The zero-order chi connectivity index (χ0) is 22.7. The lowest BCUT2D eigenvalue weighted by atomic mass is 9.63. The fourth-order valence-corrected chi connectivity index (χ4v) is 5.12. The number of aromatic carboxylic acids is 1. The van der Waals surface area contributed by atoms with E-state index in [9.17, 15) is 9.90 Å². The van der Waals surface area contributed by atoms with Crippen LogP contribution < -0.4 is 10.2 Å². The Bertz CT molecular complexity index is 1210. The highest BCUT2D eigenvalue weighted by Gasteiger charge is 2.38. The summed E-state index contributed by atoms with van der Waals surface area (Å²) >= 11 is 0. The molecule has 4 nitrogen and oxygen atoms in total. The quantitative estimate of drug-likeness (QED) is 0.458. The first-order valence-corrected chi connectivity index (χ1v) is 11.3. The van der Waals surface area contributed by atoms with Crippen LogP contribution in [-0.2, 0) is 17.4 Å². The van der Waals surface area contributed by atoms with E-state index in [1.807, 2.05) is 12.1 Å². The lowest BCUT2D eigenvalue weighted by Crippen LogP contribution is -2.34. The van der Waals surface area contributed by atoms with Crippen molar-refractivity contribution < 1.29 is 9.90 Å². The smallest absolute Gasteiger partial charge is 0.335 e. The molecule has 2 N–H and O–H groups in total. The van der Waals surface area contributed by atoms with Crippen LogP contribution >= 0.6 is 0 Å². The highest BCUT2D eigenvalue weighted by atomic mass is 16.4. The number of carboxylic acids is 1. The van der Waals surface area contributed by atoms with Crippen LogP contribution in [0.2, 0.25) is 0 Å². The predicted octanol–water partition coefficient (Wildman–Crippen LogP) is 7.13. The molecule has 0 amide bonds. The topological polar surface area (TPSA) is 52.6 Å². The minimum absolute atomic E-state index is 0.109. The van der Waals surface area contributed by atoms with Crippen molar-refractivity contribution in [3.63, 3.8) is 0 Å². The number of benzene rings is 3. The molecule has 164 valence electrons. The SMILES string of the molecule is CC1(C)CCC(C)(C)c2cc3c(cc21)Nc1ccccc1CN3c1ccc(C(=O)O)cc1. The standard InChI is InChI=1S/C28H30N2O2/c1-27(2)13-14-28(3,4)22-16-25-24(15-21(22)27)29-23-8-6-5-7-19(23)17-30(25)20-11-9-18(10-12-20)26(31)32/h5-12,15-16,29H,13-14,17H2,1-4H3,(H,31,32). The third-order valence-electron chi connectivity index (χ3n) is 7.30. The summed E-state index contributed by atoms with van der Waals surface area (Å²) in [5.74, 6) is -0.905. The summed E-state index contributed by atoms with van der Waals surface area (Å²) in [4.78, 5) is 13.7. The maximum absolute atomic E-state index is 11.4. The molecule has 32 heavy (non-hydrogen) atoms. The van der Waals surface area contributed by atoms with Crippen LogP contribution in [0.5, 0.6) is 0 Å². The van der Waals surface area contributed by atoms with Crippen LogP contribution in [0.1, 0.15) is 67.6 Å². The number of hydrogen-bond acceptors (Lipinski definition) is 3. The number of carbonyl (C=O) groups is 1. The monoisotopic (exact) mass is 426 g/mol. The van der Waals surface area contributed by atoms with Gasteiger partial charge in [0.1, 0.15) is 0 Å². The van der Waals surface area contributed by atoms with Crippen molar-refractivity contribution >= 4 is 28.7 Å². The van der Waals surface area contributed by atoms with Gasteiger partial charge in [0, 0.05) is 11.4 Å². The normalized spacial score (nSPS) is 17.9. The molecular weight excluding hydrogens is 396 g/mol. The van der Waals surface area contributed by atoms with Gasteiger partial charge in [0.2, 0.25) is 0 Å². The molecule has 0 saturated carbocycles. The van der Waals surface area contributed by atoms with E-state index in [1.54, 1.807) is 12.1 Å². The first-order chi connectivity index (χ1) is 15.2. The molecule has 0 bridgehead atoms. The van der Waals surface area contributed by atoms with E-state index in [0.29, 0.717) is 12.1 Å². The molecule has 0 atom stereocenters. The minimum atomic E-state index is -0.905. The van der Waals surface area contributed by atoms with Crippen LogP contribution in [0.25, 0.3) is 0 Å². The fourth-order valence-electron chi connectivity index (χ4n) is 5.12. The molecule has 3 aromatic carbocycles. The van der Waals surface area contributed by atoms with Crippen molar-refractivity contribution in [2.24, 2.45) is 0 Å². The Labute approximate surface area is 189 Å². The predicted molar refractivity (Wildman–Crippen MR) is 131 cm³/mol. The molecule has 3 aromatic rings. The molecule has 0 saturated heterocycles. The molecule has 4 heteroatoms. The van der Waals surface area contributed by atoms with E-state index in [1.165, 1.54) is 23.1 Å². The van der Waals surface area contributed by atoms with E-state index < -0.39 is 5.97 Å². The molecule has 1 aliphatic heterocycles. The van der Waals surface area contributed by atoms with E-state index in [-0.39, 0.29) is 10.8 Å². The number of rotatable bonds is 2. The number of anilines is 4. The number of fused-ring (bicyclic) bond motifs is 3. The highest BCUT2D eigenvalue weighted by Crippen LogP contribution is 2.51. The Morgan fingerprint density at radius 1 is 0.875 bits per heavy atom. The largest absolute Gasteiger partial charge is 0.478 e. The van der Waals surface area contributed by atoms with Gasteiger partial charge in [-0.25, -0.2) is 4.79 Å². The molecule has 2 aliphatic rings. The second kappa shape index (κ2) is 7.13. The van der Waals surface area contributed by atoms with Crippen LogP contribution in [0.4, 0.5) is 22.7 Å². The second-order valence-electron chi connectivity index (χ2n) is 10.4. The lowest BCUT2D eigenvalue weighted by Gasteiger charge is -2.43. The number of nitrogens with zero attached hydrogens (tertiary/aromatic N) is 1. The van der Waals surface area contributed by atoms with Crippen molar-refractivity contribution in [1.82, 2.24) is 0 Å². The lowest BCUT2D eigenvalue weighted by molar-refractivity contribution is 0.0697. The summed E-state index contributed by atoms with van der Waals surface area (Å²) in [5, 5.41) is 13.0. The molecule has 0 fully saturated rings. The van der Waals surface area contributed by atoms with Crippen LogP contribution in [0, 0.1) is 0 Å². The molecule has 1 heterocycles. The average molecular weight is 427 g/mol. The van der Waals surface area contributed by atoms with E-state index in [4.69, 9.17) is 0 Å². The van der Waals surface area contributed by atoms with E-state index >= 15 is 0 Å². The summed E-state index contributed by atoms with van der Waals surface area (Å²) in [6.07, 6.45) is 2.33. The van der Waals surface area contributed by atoms with Gasteiger partial charge >= 0.3 is 5.97 Å². The third kappa shape index (κ3) is 3.35. The van der Waals surface area contributed by atoms with Gasteiger partial charge in [-0.2, -0.15) is 0 Å². The van der Waals surface area contributed by atoms with Crippen molar-refractivity contribution in [2.75, 3.05) is 10.2 Å². The van der Waals surface area contributed by atoms with Crippen LogP contribution in [0.15, 0.2) is 60.7 Å². The molecule has 5 rings (SSSR count). The zero-order valence-corrected chi connectivity index (χ0v) is 19.2. The van der Waals surface area contributed by atoms with Gasteiger partial charge in [0.05, 0.1) is 23.5 Å². The summed E-state index contributed by atoms with van der Waals surface area (Å²) in [5.41, 5.74) is 8.91. The Morgan fingerprint density at radius 3 is 2.16 bits per heavy atom. The fraction of sp³-hybridized carbons (Fsp3) is 0.321. The van der Waals surface area contributed by atoms with Gasteiger partial charge in [-0.15, -0.1) is 0 Å². The van der Waals surface area contributed by atoms with Crippen molar-refractivity contribution in [2.45, 2.75) is 57.9 Å². The van der Waals surface area contributed by atoms with E-state index in [2.05, 4.69) is 74.3 Å². The number of para-hydroxylation sites is 1. The third-order valence-corrected chi connectivity index (χ3v) is 7.30.